The number of urea groups is 1. The molecule has 0 aromatic heterocycles. The van der Waals surface area contributed by atoms with E-state index in [1.54, 1.807) is 42.5 Å². The molecule has 35 heavy (non-hydrogen) atoms. The number of amides is 4. The minimum absolute atomic E-state index is 0.0320. The zero-order valence-corrected chi connectivity index (χ0v) is 20.5. The molecule has 1 N–H and O–H groups in total. The monoisotopic (exact) mass is 556 g/mol. The zero-order valence-electron chi connectivity index (χ0n) is 18.1. The van der Waals surface area contributed by atoms with Crippen LogP contribution in [0.3, 0.4) is 0 Å². The van der Waals surface area contributed by atoms with Gasteiger partial charge in [-0.25, -0.2) is 9.69 Å². The van der Waals surface area contributed by atoms with Crippen LogP contribution in [0.1, 0.15) is 5.56 Å². The smallest absolute Gasteiger partial charge is 0.339 e. The predicted octanol–water partition coefficient (Wildman–Crippen LogP) is 3.89. The standard InChI is InChI=1S/C24H17BrN2O7S/c1-33-21-14-15(7-12-20(21)34-35(31,32)18-5-3-2-4-6-18)13-19-22(28)26-24(30)27(23(19)29)17-10-8-16(25)9-11-17/h2-14H,1H3,(H,26,28,30)/b19-13+. The Kier molecular flexibility index (Phi) is 6.72. The average molecular weight is 557 g/mol. The molecule has 3 aromatic carbocycles. The summed E-state index contributed by atoms with van der Waals surface area (Å²) in [5.41, 5.74) is 0.330. The summed E-state index contributed by atoms with van der Waals surface area (Å²) < 4.78 is 36.3. The number of halogens is 1. The van der Waals surface area contributed by atoms with E-state index in [9.17, 15) is 22.8 Å². The Balaban J connectivity index is 1.65. The van der Waals surface area contributed by atoms with Gasteiger partial charge in [0, 0.05) is 4.47 Å². The average Bonchev–Trinajstić information content (AvgIpc) is 2.84. The number of imide groups is 2. The van der Waals surface area contributed by atoms with Crippen molar-refractivity contribution in [1.82, 2.24) is 5.32 Å². The number of carbonyl (C=O) groups is 3. The van der Waals surface area contributed by atoms with Crippen molar-refractivity contribution in [2.75, 3.05) is 12.0 Å². The van der Waals surface area contributed by atoms with Crippen LogP contribution >= 0.6 is 15.9 Å². The molecule has 1 aliphatic rings. The summed E-state index contributed by atoms with van der Waals surface area (Å²) >= 11 is 3.29. The lowest BCUT2D eigenvalue weighted by atomic mass is 10.1. The lowest BCUT2D eigenvalue weighted by molar-refractivity contribution is -0.122. The van der Waals surface area contributed by atoms with Crippen LogP contribution in [0.15, 0.2) is 87.7 Å². The number of benzene rings is 3. The second-order valence-electron chi connectivity index (χ2n) is 7.20. The summed E-state index contributed by atoms with van der Waals surface area (Å²) in [5.74, 6) is -1.70. The third-order valence-electron chi connectivity index (χ3n) is 4.92. The third-order valence-corrected chi connectivity index (χ3v) is 6.69. The molecule has 0 aliphatic carbocycles. The quantitative estimate of drug-likeness (QED) is 0.278. The van der Waals surface area contributed by atoms with E-state index in [1.165, 1.54) is 43.5 Å². The van der Waals surface area contributed by atoms with Gasteiger partial charge in [-0.2, -0.15) is 8.42 Å². The van der Waals surface area contributed by atoms with Gasteiger partial charge in [0.2, 0.25) is 0 Å². The molecule has 1 heterocycles. The first kappa shape index (κ1) is 24.2. The number of ether oxygens (including phenoxy) is 1. The van der Waals surface area contributed by atoms with Gasteiger partial charge in [0.1, 0.15) is 10.5 Å². The first-order chi connectivity index (χ1) is 16.7. The fraction of sp³-hybridized carbons (Fsp3) is 0.0417. The molecular weight excluding hydrogens is 540 g/mol. The normalized spacial score (nSPS) is 15.2. The summed E-state index contributed by atoms with van der Waals surface area (Å²) in [4.78, 5) is 38.6. The molecule has 0 atom stereocenters. The van der Waals surface area contributed by atoms with Crippen molar-refractivity contribution in [3.8, 4) is 11.5 Å². The summed E-state index contributed by atoms with van der Waals surface area (Å²) in [6.07, 6.45) is 1.27. The SMILES string of the molecule is COc1cc(/C=C2\C(=O)NC(=O)N(c3ccc(Br)cc3)C2=O)ccc1OS(=O)(=O)c1ccccc1. The van der Waals surface area contributed by atoms with Crippen LogP contribution < -0.4 is 19.1 Å². The summed E-state index contributed by atoms with van der Waals surface area (Å²) in [6, 6.07) is 17.3. The maximum absolute atomic E-state index is 13.0. The minimum Gasteiger partial charge on any atom is -0.493 e. The molecule has 1 fully saturated rings. The van der Waals surface area contributed by atoms with Gasteiger partial charge in [0.25, 0.3) is 11.8 Å². The van der Waals surface area contributed by atoms with Crippen molar-refractivity contribution in [3.05, 3.63) is 88.4 Å². The Labute approximate surface area is 209 Å². The van der Waals surface area contributed by atoms with E-state index in [0.29, 0.717) is 5.56 Å². The van der Waals surface area contributed by atoms with Crippen LogP contribution in [0.2, 0.25) is 0 Å². The van der Waals surface area contributed by atoms with Gasteiger partial charge in [-0.3, -0.25) is 14.9 Å². The fourth-order valence-electron chi connectivity index (χ4n) is 3.25. The molecule has 178 valence electrons. The first-order valence-corrected chi connectivity index (χ1v) is 12.2. The highest BCUT2D eigenvalue weighted by atomic mass is 79.9. The van der Waals surface area contributed by atoms with Gasteiger partial charge >= 0.3 is 16.1 Å². The Morgan fingerprint density at radius 3 is 2.26 bits per heavy atom. The number of nitrogens with one attached hydrogen (secondary N) is 1. The van der Waals surface area contributed by atoms with E-state index in [-0.39, 0.29) is 27.7 Å². The Bertz CT molecular complexity index is 1450. The third kappa shape index (κ3) is 5.10. The summed E-state index contributed by atoms with van der Waals surface area (Å²) in [5, 5.41) is 2.14. The maximum atomic E-state index is 13.0. The van der Waals surface area contributed by atoms with Crippen molar-refractivity contribution >= 4 is 55.7 Å². The molecule has 0 bridgehead atoms. The van der Waals surface area contributed by atoms with E-state index in [0.717, 1.165) is 9.37 Å². The minimum atomic E-state index is -4.11. The highest BCUT2D eigenvalue weighted by molar-refractivity contribution is 9.10. The van der Waals surface area contributed by atoms with Gasteiger partial charge in [-0.1, -0.05) is 40.2 Å². The molecule has 0 spiro atoms. The molecule has 1 saturated heterocycles. The lowest BCUT2D eigenvalue weighted by Gasteiger charge is -2.26. The molecule has 11 heteroatoms. The van der Waals surface area contributed by atoms with Crippen LogP contribution in [0.4, 0.5) is 10.5 Å². The van der Waals surface area contributed by atoms with E-state index >= 15 is 0 Å². The topological polar surface area (TPSA) is 119 Å². The van der Waals surface area contributed by atoms with E-state index in [4.69, 9.17) is 8.92 Å². The van der Waals surface area contributed by atoms with Crippen molar-refractivity contribution in [2.45, 2.75) is 4.90 Å². The Hall–Kier alpha value is -3.96. The van der Waals surface area contributed by atoms with Crippen LogP contribution in [0.5, 0.6) is 11.5 Å². The van der Waals surface area contributed by atoms with E-state index in [1.807, 2.05) is 0 Å². The molecule has 9 nitrogen and oxygen atoms in total. The lowest BCUT2D eigenvalue weighted by Crippen LogP contribution is -2.54. The molecule has 3 aromatic rings. The largest absolute Gasteiger partial charge is 0.493 e. The van der Waals surface area contributed by atoms with E-state index in [2.05, 4.69) is 21.2 Å². The van der Waals surface area contributed by atoms with Crippen LogP contribution in [-0.2, 0) is 19.7 Å². The number of barbiturate groups is 1. The van der Waals surface area contributed by atoms with Crippen molar-refractivity contribution in [3.63, 3.8) is 0 Å². The van der Waals surface area contributed by atoms with Gasteiger partial charge in [0.15, 0.2) is 11.5 Å². The maximum Gasteiger partial charge on any atom is 0.339 e. The second kappa shape index (κ2) is 9.72. The second-order valence-corrected chi connectivity index (χ2v) is 9.66. The Morgan fingerprint density at radius 1 is 0.914 bits per heavy atom. The Morgan fingerprint density at radius 2 is 1.60 bits per heavy atom. The zero-order chi connectivity index (χ0) is 25.2. The molecule has 1 aliphatic heterocycles. The van der Waals surface area contributed by atoms with Crippen molar-refractivity contribution in [2.24, 2.45) is 0 Å². The summed E-state index contributed by atoms with van der Waals surface area (Å²) in [7, 11) is -2.79. The van der Waals surface area contributed by atoms with Crippen LogP contribution in [0.25, 0.3) is 6.08 Å². The van der Waals surface area contributed by atoms with Gasteiger partial charge in [-0.15, -0.1) is 0 Å². The number of carbonyl (C=O) groups excluding carboxylic acids is 3. The molecule has 0 saturated carbocycles. The molecule has 0 unspecified atom stereocenters. The van der Waals surface area contributed by atoms with Gasteiger partial charge in [0.05, 0.1) is 12.8 Å². The molecule has 4 amide bonds. The number of hydrogen-bond acceptors (Lipinski definition) is 7. The number of rotatable bonds is 6. The van der Waals surface area contributed by atoms with Crippen molar-refractivity contribution < 1.29 is 31.7 Å². The number of hydrogen-bond donors (Lipinski definition) is 1. The fourth-order valence-corrected chi connectivity index (χ4v) is 4.47. The first-order valence-electron chi connectivity index (χ1n) is 10.0. The molecular formula is C24H17BrN2O7S. The van der Waals surface area contributed by atoms with Crippen LogP contribution in [0, 0.1) is 0 Å². The molecule has 0 radical (unpaired) electrons. The van der Waals surface area contributed by atoms with Crippen LogP contribution in [-0.4, -0.2) is 33.4 Å². The predicted molar refractivity (Wildman–Crippen MR) is 130 cm³/mol. The molecule has 4 rings (SSSR count). The summed E-state index contributed by atoms with van der Waals surface area (Å²) in [6.45, 7) is 0. The van der Waals surface area contributed by atoms with Gasteiger partial charge < -0.3 is 8.92 Å². The number of methoxy groups -OCH3 is 1. The number of anilines is 1. The van der Waals surface area contributed by atoms with Gasteiger partial charge in [-0.05, 0) is 60.2 Å². The highest BCUT2D eigenvalue weighted by Gasteiger charge is 2.36. The van der Waals surface area contributed by atoms with E-state index < -0.39 is 28.0 Å². The van der Waals surface area contributed by atoms with Crippen molar-refractivity contribution in [1.29, 1.82) is 0 Å². The highest BCUT2D eigenvalue weighted by Crippen LogP contribution is 2.32. The number of nitrogens with zero attached hydrogens (tertiary/aromatic N) is 1.